The van der Waals surface area contributed by atoms with Crippen molar-refractivity contribution in [2.75, 3.05) is 11.9 Å². The van der Waals surface area contributed by atoms with Gasteiger partial charge in [-0.3, -0.25) is 4.79 Å². The molecular weight excluding hydrogens is 272 g/mol. The number of para-hydroxylation sites is 1. The molecule has 4 heteroatoms. The minimum absolute atomic E-state index is 0.227. The predicted octanol–water partition coefficient (Wildman–Crippen LogP) is 2.90. The van der Waals surface area contributed by atoms with Gasteiger partial charge in [-0.15, -0.1) is 0 Å². The summed E-state index contributed by atoms with van der Waals surface area (Å²) in [4.78, 5) is 12.1. The lowest BCUT2D eigenvalue weighted by atomic mass is 10.1. The molecule has 0 fully saturated rings. The van der Waals surface area contributed by atoms with Gasteiger partial charge < -0.3 is 11.1 Å². The maximum absolute atomic E-state index is 12.1. The van der Waals surface area contributed by atoms with Crippen LogP contribution in [0.15, 0.2) is 48.5 Å². The number of nitrogens with two attached hydrogens (primary N) is 1. The number of anilines is 1. The van der Waals surface area contributed by atoms with Crippen LogP contribution in [-0.2, 0) is 0 Å². The Labute approximate surface area is 122 Å². The summed E-state index contributed by atoms with van der Waals surface area (Å²) in [6.45, 7) is 0.288. The number of carbonyl (C=O) groups is 1. The first-order valence-corrected chi connectivity index (χ1v) is 6.43. The van der Waals surface area contributed by atoms with Gasteiger partial charge in [0.2, 0.25) is 0 Å². The zero-order chi connectivity index (χ0) is 14.4. The van der Waals surface area contributed by atoms with Gasteiger partial charge in [0.15, 0.2) is 0 Å². The molecule has 0 bridgehead atoms. The van der Waals surface area contributed by atoms with Gasteiger partial charge in [-0.25, -0.2) is 0 Å². The summed E-state index contributed by atoms with van der Waals surface area (Å²) >= 11 is 6.00. The molecule has 0 saturated heterocycles. The standard InChI is InChI=1S/C16H13ClN2O/c17-14-8-1-2-9-15(14)19-16(20)13-7-3-5-12(11-13)6-4-10-18/h1-3,5,7-9,11H,10,18H2,(H,19,20). The Morgan fingerprint density at radius 2 is 2.00 bits per heavy atom. The molecule has 0 spiro atoms. The number of hydrogen-bond acceptors (Lipinski definition) is 2. The average molecular weight is 285 g/mol. The molecule has 0 aromatic heterocycles. The van der Waals surface area contributed by atoms with Crippen molar-refractivity contribution in [2.24, 2.45) is 5.73 Å². The molecule has 100 valence electrons. The molecule has 0 heterocycles. The Balaban J connectivity index is 2.19. The Bertz CT molecular complexity index is 686. The molecule has 0 atom stereocenters. The number of hydrogen-bond donors (Lipinski definition) is 2. The zero-order valence-corrected chi connectivity index (χ0v) is 11.4. The number of carbonyl (C=O) groups excluding carboxylic acids is 1. The number of halogens is 1. The Hall–Kier alpha value is -2.28. The van der Waals surface area contributed by atoms with Crippen LogP contribution in [0.3, 0.4) is 0 Å². The average Bonchev–Trinajstić information content (AvgIpc) is 2.48. The normalized spacial score (nSPS) is 9.50. The number of nitrogens with one attached hydrogen (secondary N) is 1. The second kappa shape index (κ2) is 6.76. The molecule has 0 aliphatic rings. The van der Waals surface area contributed by atoms with Crippen molar-refractivity contribution < 1.29 is 4.79 Å². The van der Waals surface area contributed by atoms with Crippen LogP contribution in [0.4, 0.5) is 5.69 Å². The van der Waals surface area contributed by atoms with E-state index in [4.69, 9.17) is 17.3 Å². The lowest BCUT2D eigenvalue weighted by Gasteiger charge is -2.07. The van der Waals surface area contributed by atoms with Gasteiger partial charge in [0, 0.05) is 11.1 Å². The van der Waals surface area contributed by atoms with E-state index in [1.165, 1.54) is 0 Å². The molecule has 0 saturated carbocycles. The summed E-state index contributed by atoms with van der Waals surface area (Å²) in [5.74, 6) is 5.42. The molecule has 2 aromatic carbocycles. The monoisotopic (exact) mass is 284 g/mol. The summed E-state index contributed by atoms with van der Waals surface area (Å²) in [5.41, 5.74) is 7.18. The molecule has 2 rings (SSSR count). The van der Waals surface area contributed by atoms with Gasteiger partial charge in [0.1, 0.15) is 0 Å². The van der Waals surface area contributed by atoms with E-state index in [9.17, 15) is 4.79 Å². The molecule has 0 aliphatic heterocycles. The summed E-state index contributed by atoms with van der Waals surface area (Å²) in [6.07, 6.45) is 0. The van der Waals surface area contributed by atoms with E-state index in [1.54, 1.807) is 36.4 Å². The molecule has 0 radical (unpaired) electrons. The van der Waals surface area contributed by atoms with Gasteiger partial charge in [0.25, 0.3) is 5.91 Å². The van der Waals surface area contributed by atoms with E-state index in [0.717, 1.165) is 5.56 Å². The number of amides is 1. The van der Waals surface area contributed by atoms with Crippen LogP contribution >= 0.6 is 11.6 Å². The molecule has 2 aromatic rings. The van der Waals surface area contributed by atoms with Crippen LogP contribution in [0.2, 0.25) is 5.02 Å². The first kappa shape index (κ1) is 14.1. The van der Waals surface area contributed by atoms with Crippen molar-refractivity contribution in [3.8, 4) is 11.8 Å². The Morgan fingerprint density at radius 3 is 2.75 bits per heavy atom. The van der Waals surface area contributed by atoms with Crippen LogP contribution in [0.5, 0.6) is 0 Å². The Morgan fingerprint density at radius 1 is 1.20 bits per heavy atom. The summed E-state index contributed by atoms with van der Waals surface area (Å²) in [5, 5.41) is 3.27. The van der Waals surface area contributed by atoms with Crippen LogP contribution in [-0.4, -0.2) is 12.5 Å². The number of benzene rings is 2. The lowest BCUT2D eigenvalue weighted by Crippen LogP contribution is -2.12. The third-order valence-corrected chi connectivity index (χ3v) is 2.91. The molecule has 0 unspecified atom stereocenters. The highest BCUT2D eigenvalue weighted by atomic mass is 35.5. The van der Waals surface area contributed by atoms with Gasteiger partial charge in [0.05, 0.1) is 17.3 Å². The highest BCUT2D eigenvalue weighted by Crippen LogP contribution is 2.21. The van der Waals surface area contributed by atoms with E-state index in [2.05, 4.69) is 17.2 Å². The molecule has 3 nitrogen and oxygen atoms in total. The first-order valence-electron chi connectivity index (χ1n) is 6.05. The highest BCUT2D eigenvalue weighted by Gasteiger charge is 2.08. The predicted molar refractivity (Wildman–Crippen MR) is 81.8 cm³/mol. The minimum atomic E-state index is -0.227. The zero-order valence-electron chi connectivity index (χ0n) is 10.7. The fourth-order valence-corrected chi connectivity index (χ4v) is 1.83. The van der Waals surface area contributed by atoms with Crippen molar-refractivity contribution >= 4 is 23.2 Å². The van der Waals surface area contributed by atoms with E-state index < -0.39 is 0 Å². The number of rotatable bonds is 2. The summed E-state index contributed by atoms with van der Waals surface area (Å²) < 4.78 is 0. The van der Waals surface area contributed by atoms with Crippen LogP contribution in [0.25, 0.3) is 0 Å². The van der Waals surface area contributed by atoms with E-state index in [0.29, 0.717) is 16.3 Å². The third-order valence-electron chi connectivity index (χ3n) is 2.58. The van der Waals surface area contributed by atoms with E-state index in [-0.39, 0.29) is 12.5 Å². The molecule has 1 amide bonds. The molecule has 20 heavy (non-hydrogen) atoms. The third kappa shape index (κ3) is 3.61. The van der Waals surface area contributed by atoms with Crippen LogP contribution in [0, 0.1) is 11.8 Å². The largest absolute Gasteiger partial charge is 0.321 e. The van der Waals surface area contributed by atoms with E-state index >= 15 is 0 Å². The lowest BCUT2D eigenvalue weighted by molar-refractivity contribution is 0.102. The molecule has 0 aliphatic carbocycles. The van der Waals surface area contributed by atoms with Gasteiger partial charge in [-0.1, -0.05) is 41.6 Å². The van der Waals surface area contributed by atoms with Crippen LogP contribution < -0.4 is 11.1 Å². The minimum Gasteiger partial charge on any atom is -0.321 e. The molecule has 3 N–H and O–H groups in total. The fourth-order valence-electron chi connectivity index (χ4n) is 1.65. The van der Waals surface area contributed by atoms with Crippen molar-refractivity contribution in [2.45, 2.75) is 0 Å². The van der Waals surface area contributed by atoms with E-state index in [1.807, 2.05) is 12.1 Å². The van der Waals surface area contributed by atoms with Gasteiger partial charge in [-0.05, 0) is 30.3 Å². The summed E-state index contributed by atoms with van der Waals surface area (Å²) in [6, 6.07) is 14.1. The van der Waals surface area contributed by atoms with Gasteiger partial charge in [-0.2, -0.15) is 0 Å². The van der Waals surface area contributed by atoms with Crippen molar-refractivity contribution in [1.29, 1.82) is 0 Å². The van der Waals surface area contributed by atoms with Crippen molar-refractivity contribution in [3.63, 3.8) is 0 Å². The van der Waals surface area contributed by atoms with Crippen LogP contribution in [0.1, 0.15) is 15.9 Å². The fraction of sp³-hybridized carbons (Fsp3) is 0.0625. The van der Waals surface area contributed by atoms with Gasteiger partial charge >= 0.3 is 0 Å². The smallest absolute Gasteiger partial charge is 0.255 e. The topological polar surface area (TPSA) is 55.1 Å². The quantitative estimate of drug-likeness (QED) is 0.833. The maximum Gasteiger partial charge on any atom is 0.255 e. The first-order chi connectivity index (χ1) is 9.70. The SMILES string of the molecule is NCC#Cc1cccc(C(=O)Nc2ccccc2Cl)c1. The summed E-state index contributed by atoms with van der Waals surface area (Å²) in [7, 11) is 0. The molecular formula is C16H13ClN2O. The highest BCUT2D eigenvalue weighted by molar-refractivity contribution is 6.33. The van der Waals surface area contributed by atoms with Crippen molar-refractivity contribution in [1.82, 2.24) is 0 Å². The Kier molecular flexibility index (Phi) is 4.78. The maximum atomic E-state index is 12.1. The second-order valence-corrected chi connectivity index (χ2v) is 4.43. The second-order valence-electron chi connectivity index (χ2n) is 4.02. The van der Waals surface area contributed by atoms with Crippen molar-refractivity contribution in [3.05, 3.63) is 64.7 Å².